The number of pyridine rings is 1. The van der Waals surface area contributed by atoms with E-state index in [1.54, 1.807) is 0 Å². The number of ether oxygens (including phenoxy) is 1. The minimum atomic E-state index is -2.90. The molecule has 22 heavy (non-hydrogen) atoms. The Morgan fingerprint density at radius 2 is 1.91 bits per heavy atom. The minimum absolute atomic E-state index is 0.181. The van der Waals surface area contributed by atoms with Gasteiger partial charge in [-0.25, -0.2) is 8.42 Å². The minimum Gasteiger partial charge on any atom is -0.468 e. The lowest BCUT2D eigenvalue weighted by atomic mass is 10.0. The number of hydrogen-bond donors (Lipinski definition) is 0. The summed E-state index contributed by atoms with van der Waals surface area (Å²) >= 11 is 0. The van der Waals surface area contributed by atoms with Crippen molar-refractivity contribution in [1.29, 1.82) is 0 Å². The number of nitrogens with zero attached hydrogens (tertiary/aromatic N) is 2. The molecule has 7 heteroatoms. The summed E-state index contributed by atoms with van der Waals surface area (Å²) in [7, 11) is -1.50. The quantitative estimate of drug-likeness (QED) is 0.767. The molecule has 0 radical (unpaired) electrons. The van der Waals surface area contributed by atoms with Crippen molar-refractivity contribution in [2.45, 2.75) is 25.2 Å². The van der Waals surface area contributed by atoms with Crippen LogP contribution in [-0.4, -0.2) is 51.1 Å². The molecule has 0 bridgehead atoms. The fourth-order valence-corrected chi connectivity index (χ4v) is 4.19. The number of rotatable bonds is 3. The molecule has 1 saturated heterocycles. The third kappa shape index (κ3) is 2.58. The van der Waals surface area contributed by atoms with Gasteiger partial charge in [0.05, 0.1) is 35.7 Å². The number of anilines is 1. The van der Waals surface area contributed by atoms with Gasteiger partial charge in [-0.1, -0.05) is 0 Å². The maximum Gasteiger partial charge on any atom is 0.317 e. The largest absolute Gasteiger partial charge is 0.468 e. The average Bonchev–Trinajstić information content (AvgIpc) is 3.28. The predicted molar refractivity (Wildman–Crippen MR) is 82.8 cm³/mol. The summed E-state index contributed by atoms with van der Waals surface area (Å²) < 4.78 is 27.9. The molecule has 2 heterocycles. The molecule has 3 rings (SSSR count). The first-order chi connectivity index (χ1) is 10.4. The van der Waals surface area contributed by atoms with Gasteiger partial charge in [0, 0.05) is 13.1 Å². The van der Waals surface area contributed by atoms with E-state index >= 15 is 0 Å². The van der Waals surface area contributed by atoms with Gasteiger partial charge in [0.15, 0.2) is 9.84 Å². The van der Waals surface area contributed by atoms with Crippen LogP contribution in [-0.2, 0) is 24.8 Å². The lowest BCUT2D eigenvalue weighted by molar-refractivity contribution is -0.143. The van der Waals surface area contributed by atoms with Gasteiger partial charge in [-0.2, -0.15) is 0 Å². The molecule has 2 fully saturated rings. The van der Waals surface area contributed by atoms with Gasteiger partial charge in [-0.15, -0.1) is 0 Å². The van der Waals surface area contributed by atoms with Crippen LogP contribution in [0.1, 0.15) is 24.2 Å². The van der Waals surface area contributed by atoms with Gasteiger partial charge in [-0.05, 0) is 31.9 Å². The maximum atomic E-state index is 11.9. The molecule has 1 aromatic rings. The number of aryl methyl sites for hydroxylation is 1. The molecule has 1 aliphatic carbocycles. The Hall–Kier alpha value is -1.63. The number of carbonyl (C=O) groups is 1. The SMILES string of the molecule is COC(=O)C1(c2ccc(N3CCS(=O)(=O)CC3)c(C)n2)CC1. The number of esters is 1. The zero-order valence-electron chi connectivity index (χ0n) is 12.8. The zero-order chi connectivity index (χ0) is 16.0. The van der Waals surface area contributed by atoms with E-state index in [4.69, 9.17) is 4.74 Å². The van der Waals surface area contributed by atoms with Crippen LogP contribution >= 0.6 is 0 Å². The van der Waals surface area contributed by atoms with E-state index in [1.165, 1.54) is 7.11 Å². The van der Waals surface area contributed by atoms with Crippen LogP contribution in [0.2, 0.25) is 0 Å². The van der Waals surface area contributed by atoms with Crippen molar-refractivity contribution in [3.8, 4) is 0 Å². The van der Waals surface area contributed by atoms with Crippen LogP contribution in [0, 0.1) is 6.92 Å². The summed E-state index contributed by atoms with van der Waals surface area (Å²) in [4.78, 5) is 18.6. The molecule has 0 aromatic carbocycles. The molecule has 0 spiro atoms. The number of aromatic nitrogens is 1. The van der Waals surface area contributed by atoms with E-state index in [0.717, 1.165) is 29.9 Å². The van der Waals surface area contributed by atoms with Crippen LogP contribution < -0.4 is 4.90 Å². The second-order valence-corrected chi connectivity index (χ2v) is 8.32. The highest BCUT2D eigenvalue weighted by atomic mass is 32.2. The van der Waals surface area contributed by atoms with Crippen molar-refractivity contribution in [3.05, 3.63) is 23.5 Å². The summed E-state index contributed by atoms with van der Waals surface area (Å²) in [6.45, 7) is 2.88. The first-order valence-electron chi connectivity index (χ1n) is 7.40. The van der Waals surface area contributed by atoms with Crippen molar-refractivity contribution >= 4 is 21.5 Å². The van der Waals surface area contributed by atoms with E-state index in [1.807, 2.05) is 24.0 Å². The van der Waals surface area contributed by atoms with E-state index in [2.05, 4.69) is 4.98 Å². The van der Waals surface area contributed by atoms with Crippen LogP contribution in [0.15, 0.2) is 12.1 Å². The molecule has 0 atom stereocenters. The van der Waals surface area contributed by atoms with Gasteiger partial charge in [0.25, 0.3) is 0 Å². The van der Waals surface area contributed by atoms with Gasteiger partial charge in [-0.3, -0.25) is 9.78 Å². The Labute approximate surface area is 130 Å². The molecule has 1 saturated carbocycles. The summed E-state index contributed by atoms with van der Waals surface area (Å²) in [6.07, 6.45) is 1.54. The normalized spacial score (nSPS) is 22.2. The Morgan fingerprint density at radius 1 is 1.27 bits per heavy atom. The molecule has 120 valence electrons. The Bertz CT molecular complexity index is 696. The van der Waals surface area contributed by atoms with Crippen molar-refractivity contribution in [2.75, 3.05) is 36.6 Å². The molecule has 0 amide bonds. The number of methoxy groups -OCH3 is 1. The summed E-state index contributed by atoms with van der Waals surface area (Å²) in [6, 6.07) is 3.81. The number of sulfone groups is 1. The molecule has 1 aromatic heterocycles. The Balaban J connectivity index is 1.83. The van der Waals surface area contributed by atoms with Crippen molar-refractivity contribution in [2.24, 2.45) is 0 Å². The van der Waals surface area contributed by atoms with Crippen LogP contribution in [0.5, 0.6) is 0 Å². The van der Waals surface area contributed by atoms with Crippen LogP contribution in [0.25, 0.3) is 0 Å². The molecule has 6 nitrogen and oxygen atoms in total. The summed E-state index contributed by atoms with van der Waals surface area (Å²) in [5, 5.41) is 0. The smallest absolute Gasteiger partial charge is 0.317 e. The van der Waals surface area contributed by atoms with Gasteiger partial charge in [0.1, 0.15) is 5.41 Å². The zero-order valence-corrected chi connectivity index (χ0v) is 13.6. The first kappa shape index (κ1) is 15.3. The monoisotopic (exact) mass is 324 g/mol. The lowest BCUT2D eigenvalue weighted by Gasteiger charge is -2.30. The average molecular weight is 324 g/mol. The van der Waals surface area contributed by atoms with E-state index in [9.17, 15) is 13.2 Å². The first-order valence-corrected chi connectivity index (χ1v) is 9.22. The molecule has 2 aliphatic rings. The highest BCUT2D eigenvalue weighted by Gasteiger charge is 2.54. The maximum absolute atomic E-state index is 11.9. The fraction of sp³-hybridized carbons (Fsp3) is 0.600. The van der Waals surface area contributed by atoms with Crippen molar-refractivity contribution in [1.82, 2.24) is 4.98 Å². The third-order valence-electron chi connectivity index (χ3n) is 4.56. The predicted octanol–water partition coefficient (Wildman–Crippen LogP) is 0.829. The number of hydrogen-bond acceptors (Lipinski definition) is 6. The Kier molecular flexibility index (Phi) is 3.63. The second kappa shape index (κ2) is 5.22. The van der Waals surface area contributed by atoms with Crippen molar-refractivity contribution in [3.63, 3.8) is 0 Å². The van der Waals surface area contributed by atoms with Crippen LogP contribution in [0.3, 0.4) is 0 Å². The molecular formula is C15H20N2O4S. The van der Waals surface area contributed by atoms with Gasteiger partial charge >= 0.3 is 5.97 Å². The number of carbonyl (C=O) groups excluding carboxylic acids is 1. The van der Waals surface area contributed by atoms with Crippen molar-refractivity contribution < 1.29 is 17.9 Å². The fourth-order valence-electron chi connectivity index (χ4n) is 2.99. The lowest BCUT2D eigenvalue weighted by Crippen LogP contribution is -2.40. The van der Waals surface area contributed by atoms with E-state index in [-0.39, 0.29) is 17.5 Å². The summed E-state index contributed by atoms with van der Waals surface area (Å²) in [5.74, 6) is 0.136. The summed E-state index contributed by atoms with van der Waals surface area (Å²) in [5.41, 5.74) is 1.96. The highest BCUT2D eigenvalue weighted by molar-refractivity contribution is 7.91. The van der Waals surface area contributed by atoms with Gasteiger partial charge < -0.3 is 9.64 Å². The highest BCUT2D eigenvalue weighted by Crippen LogP contribution is 2.48. The Morgan fingerprint density at radius 3 is 2.41 bits per heavy atom. The topological polar surface area (TPSA) is 76.6 Å². The molecular weight excluding hydrogens is 304 g/mol. The molecule has 1 aliphatic heterocycles. The molecule has 0 N–H and O–H groups in total. The van der Waals surface area contributed by atoms with E-state index in [0.29, 0.717) is 13.1 Å². The molecule has 0 unspecified atom stereocenters. The third-order valence-corrected chi connectivity index (χ3v) is 6.17. The standard InChI is InChI=1S/C15H20N2O4S/c1-11-12(17-7-9-22(19,20)10-8-17)3-4-13(16-11)15(5-6-15)14(18)21-2/h3-4H,5-10H2,1-2H3. The van der Waals surface area contributed by atoms with Gasteiger partial charge in [0.2, 0.25) is 0 Å². The van der Waals surface area contributed by atoms with E-state index < -0.39 is 15.3 Å². The van der Waals surface area contributed by atoms with Crippen LogP contribution in [0.4, 0.5) is 5.69 Å². The second-order valence-electron chi connectivity index (χ2n) is 6.01.